The summed E-state index contributed by atoms with van der Waals surface area (Å²) in [6.45, 7) is 2.16. The van der Waals surface area contributed by atoms with E-state index >= 15 is 0 Å². The van der Waals surface area contributed by atoms with Crippen molar-refractivity contribution in [1.82, 2.24) is 5.32 Å². The Bertz CT molecular complexity index is 791. The molecule has 3 atom stereocenters. The molecule has 1 fully saturated rings. The highest BCUT2D eigenvalue weighted by molar-refractivity contribution is 5.95. The first kappa shape index (κ1) is 17.0. The molecule has 1 amide bonds. The lowest BCUT2D eigenvalue weighted by molar-refractivity contribution is -0.385. The summed E-state index contributed by atoms with van der Waals surface area (Å²) < 4.78 is 4.98. The molecule has 0 aliphatic heterocycles. The average Bonchev–Trinajstić information content (AvgIpc) is 3.35. The molecule has 1 aliphatic rings. The zero-order valence-electron chi connectivity index (χ0n) is 14.1. The molecule has 0 saturated heterocycles. The molecule has 1 N–H and O–H groups in total. The fourth-order valence-electron chi connectivity index (χ4n) is 3.11. The van der Waals surface area contributed by atoms with Crippen LogP contribution in [0.2, 0.25) is 0 Å². The van der Waals surface area contributed by atoms with Gasteiger partial charge in [-0.2, -0.15) is 0 Å². The Labute approximate surface area is 146 Å². The summed E-state index contributed by atoms with van der Waals surface area (Å²) in [5.74, 6) is 0.756. The molecular weight excluding hydrogens is 320 g/mol. The van der Waals surface area contributed by atoms with Gasteiger partial charge >= 0.3 is 5.69 Å². The predicted octanol–water partition coefficient (Wildman–Crippen LogP) is 3.73. The Hall–Kier alpha value is -2.89. The molecule has 2 aromatic carbocycles. The van der Waals surface area contributed by atoms with Crippen molar-refractivity contribution in [3.05, 3.63) is 69.8 Å². The zero-order valence-corrected chi connectivity index (χ0v) is 14.1. The number of ether oxygens (including phenoxy) is 1. The number of carbonyl (C=O) groups excluding carboxylic acids is 1. The molecule has 1 saturated carbocycles. The SMILES string of the molecule is COc1ccc(C(=O)NC(c2ccccc2)C2CC2C)cc1[N+](=O)[O-]. The Morgan fingerprint density at radius 3 is 2.52 bits per heavy atom. The molecule has 3 rings (SSSR count). The molecule has 2 aromatic rings. The van der Waals surface area contributed by atoms with E-state index < -0.39 is 4.92 Å². The number of nitro groups is 1. The van der Waals surface area contributed by atoms with E-state index in [0.29, 0.717) is 11.8 Å². The van der Waals surface area contributed by atoms with Crippen LogP contribution in [-0.2, 0) is 0 Å². The third kappa shape index (κ3) is 3.63. The second-order valence-corrected chi connectivity index (χ2v) is 6.38. The zero-order chi connectivity index (χ0) is 18.0. The van der Waals surface area contributed by atoms with Gasteiger partial charge < -0.3 is 10.1 Å². The van der Waals surface area contributed by atoms with Gasteiger partial charge in [0.05, 0.1) is 18.1 Å². The molecule has 1 aliphatic carbocycles. The van der Waals surface area contributed by atoms with Gasteiger partial charge in [0.1, 0.15) is 0 Å². The van der Waals surface area contributed by atoms with E-state index in [0.717, 1.165) is 12.0 Å². The van der Waals surface area contributed by atoms with E-state index in [2.05, 4.69) is 12.2 Å². The summed E-state index contributed by atoms with van der Waals surface area (Å²) in [6, 6.07) is 14.0. The molecule has 0 heterocycles. The molecule has 130 valence electrons. The van der Waals surface area contributed by atoms with Gasteiger partial charge in [0, 0.05) is 11.6 Å². The minimum Gasteiger partial charge on any atom is -0.490 e. The Kier molecular flexibility index (Phi) is 4.70. The van der Waals surface area contributed by atoms with E-state index in [1.165, 1.54) is 19.2 Å². The fraction of sp³-hybridized carbons (Fsp3) is 0.316. The lowest BCUT2D eigenvalue weighted by atomic mass is 10.0. The molecule has 3 unspecified atom stereocenters. The third-order valence-electron chi connectivity index (χ3n) is 4.68. The number of benzene rings is 2. The van der Waals surface area contributed by atoms with Crippen molar-refractivity contribution < 1.29 is 14.5 Å². The van der Waals surface area contributed by atoms with E-state index in [4.69, 9.17) is 4.74 Å². The monoisotopic (exact) mass is 340 g/mol. The van der Waals surface area contributed by atoms with Crippen molar-refractivity contribution in [2.45, 2.75) is 19.4 Å². The number of methoxy groups -OCH3 is 1. The van der Waals surface area contributed by atoms with Crippen LogP contribution in [0.5, 0.6) is 5.75 Å². The quantitative estimate of drug-likeness (QED) is 0.642. The number of hydrogen-bond donors (Lipinski definition) is 1. The normalized spacial score (nSPS) is 19.8. The molecule has 25 heavy (non-hydrogen) atoms. The summed E-state index contributed by atoms with van der Waals surface area (Å²) in [5.41, 5.74) is 1.08. The first-order valence-electron chi connectivity index (χ1n) is 8.19. The average molecular weight is 340 g/mol. The number of amides is 1. The van der Waals surface area contributed by atoms with Gasteiger partial charge in [0.2, 0.25) is 0 Å². The second kappa shape index (κ2) is 6.93. The molecule has 6 heteroatoms. The van der Waals surface area contributed by atoms with Gasteiger partial charge in [-0.25, -0.2) is 0 Å². The van der Waals surface area contributed by atoms with Gasteiger partial charge in [-0.1, -0.05) is 37.3 Å². The van der Waals surface area contributed by atoms with Crippen molar-refractivity contribution in [3.8, 4) is 5.75 Å². The molecular formula is C19H20N2O4. The van der Waals surface area contributed by atoms with Crippen LogP contribution >= 0.6 is 0 Å². The van der Waals surface area contributed by atoms with Gasteiger partial charge in [0.25, 0.3) is 5.91 Å². The van der Waals surface area contributed by atoms with Crippen LogP contribution in [0.4, 0.5) is 5.69 Å². The number of rotatable bonds is 6. The standard InChI is InChI=1S/C19H20N2O4/c1-12-10-15(12)18(13-6-4-3-5-7-13)20-19(22)14-8-9-17(25-2)16(11-14)21(23)24/h3-9,11-12,15,18H,10H2,1-2H3,(H,20,22). The summed E-state index contributed by atoms with van der Waals surface area (Å²) in [7, 11) is 1.36. The summed E-state index contributed by atoms with van der Waals surface area (Å²) in [5, 5.41) is 14.2. The van der Waals surface area contributed by atoms with Crippen LogP contribution in [0.3, 0.4) is 0 Å². The fourth-order valence-corrected chi connectivity index (χ4v) is 3.11. The Morgan fingerprint density at radius 1 is 1.28 bits per heavy atom. The lowest BCUT2D eigenvalue weighted by Gasteiger charge is -2.19. The number of nitrogens with one attached hydrogen (secondary N) is 1. The molecule has 0 spiro atoms. The first-order valence-corrected chi connectivity index (χ1v) is 8.19. The van der Waals surface area contributed by atoms with E-state index in [1.807, 2.05) is 30.3 Å². The maximum absolute atomic E-state index is 12.7. The van der Waals surface area contributed by atoms with Crippen LogP contribution in [0.1, 0.15) is 35.3 Å². The summed E-state index contributed by atoms with van der Waals surface area (Å²) in [4.78, 5) is 23.3. The number of nitro benzene ring substituents is 1. The Balaban J connectivity index is 1.85. The lowest BCUT2D eigenvalue weighted by Crippen LogP contribution is -2.30. The van der Waals surface area contributed by atoms with Crippen LogP contribution in [0, 0.1) is 22.0 Å². The van der Waals surface area contributed by atoms with Crippen molar-refractivity contribution in [2.75, 3.05) is 7.11 Å². The van der Waals surface area contributed by atoms with Gasteiger partial charge in [-0.3, -0.25) is 14.9 Å². The molecule has 6 nitrogen and oxygen atoms in total. The van der Waals surface area contributed by atoms with Crippen molar-refractivity contribution in [2.24, 2.45) is 11.8 Å². The number of carbonyl (C=O) groups is 1. The van der Waals surface area contributed by atoms with Gasteiger partial charge in [-0.15, -0.1) is 0 Å². The predicted molar refractivity (Wildman–Crippen MR) is 93.6 cm³/mol. The van der Waals surface area contributed by atoms with Crippen molar-refractivity contribution >= 4 is 11.6 Å². The van der Waals surface area contributed by atoms with Crippen LogP contribution in [0.15, 0.2) is 48.5 Å². The number of hydrogen-bond acceptors (Lipinski definition) is 4. The van der Waals surface area contributed by atoms with E-state index in [1.54, 1.807) is 6.07 Å². The number of nitrogens with zero attached hydrogens (tertiary/aromatic N) is 1. The highest BCUT2D eigenvalue weighted by Gasteiger charge is 2.41. The molecule has 0 bridgehead atoms. The maximum atomic E-state index is 12.7. The highest BCUT2D eigenvalue weighted by atomic mass is 16.6. The van der Waals surface area contributed by atoms with Crippen LogP contribution in [-0.4, -0.2) is 17.9 Å². The molecule has 0 radical (unpaired) electrons. The highest BCUT2D eigenvalue weighted by Crippen LogP contribution is 2.47. The maximum Gasteiger partial charge on any atom is 0.311 e. The largest absolute Gasteiger partial charge is 0.490 e. The van der Waals surface area contributed by atoms with Crippen LogP contribution < -0.4 is 10.1 Å². The van der Waals surface area contributed by atoms with E-state index in [-0.39, 0.29) is 28.9 Å². The smallest absolute Gasteiger partial charge is 0.311 e. The minimum atomic E-state index is -0.548. The van der Waals surface area contributed by atoms with Crippen LogP contribution in [0.25, 0.3) is 0 Å². The first-order chi connectivity index (χ1) is 12.0. The van der Waals surface area contributed by atoms with Crippen molar-refractivity contribution in [1.29, 1.82) is 0 Å². The van der Waals surface area contributed by atoms with Gasteiger partial charge in [-0.05, 0) is 36.0 Å². The van der Waals surface area contributed by atoms with Crippen molar-refractivity contribution in [3.63, 3.8) is 0 Å². The molecule has 0 aromatic heterocycles. The Morgan fingerprint density at radius 2 is 1.96 bits per heavy atom. The summed E-state index contributed by atoms with van der Waals surface area (Å²) in [6.07, 6.45) is 1.06. The minimum absolute atomic E-state index is 0.0927. The summed E-state index contributed by atoms with van der Waals surface area (Å²) >= 11 is 0. The second-order valence-electron chi connectivity index (χ2n) is 6.38. The van der Waals surface area contributed by atoms with Gasteiger partial charge in [0.15, 0.2) is 5.75 Å². The third-order valence-corrected chi connectivity index (χ3v) is 4.68. The van der Waals surface area contributed by atoms with E-state index in [9.17, 15) is 14.9 Å². The topological polar surface area (TPSA) is 81.5 Å².